The maximum absolute atomic E-state index is 10.1. The average molecular weight is 516 g/mol. The Morgan fingerprint density at radius 3 is 2.69 bits per heavy atom. The highest BCUT2D eigenvalue weighted by molar-refractivity contribution is 14.0. The fraction of sp³-hybridized carbons (Fsp3) is 0.682. The van der Waals surface area contributed by atoms with Gasteiger partial charge in [-0.3, -0.25) is 9.89 Å². The van der Waals surface area contributed by atoms with E-state index in [-0.39, 0.29) is 36.1 Å². The molecule has 3 N–H and O–H groups in total. The molecule has 0 amide bonds. The van der Waals surface area contributed by atoms with Gasteiger partial charge in [-0.2, -0.15) is 0 Å². The maximum Gasteiger partial charge on any atom is 0.191 e. The number of guanidine groups is 1. The third kappa shape index (κ3) is 7.00. The number of hydrogen-bond donors (Lipinski definition) is 3. The molecule has 3 rings (SSSR count). The van der Waals surface area contributed by atoms with Crippen LogP contribution in [-0.4, -0.2) is 61.9 Å². The van der Waals surface area contributed by atoms with Gasteiger partial charge in [-0.1, -0.05) is 18.6 Å². The lowest BCUT2D eigenvalue weighted by atomic mass is 10.1. The summed E-state index contributed by atoms with van der Waals surface area (Å²) >= 11 is 0. The van der Waals surface area contributed by atoms with E-state index in [1.165, 1.54) is 18.4 Å². The highest BCUT2D eigenvalue weighted by Gasteiger charge is 2.26. The molecule has 1 aliphatic heterocycles. The molecule has 29 heavy (non-hydrogen) atoms. The number of nitrogens with one attached hydrogen (secondary N) is 2. The van der Waals surface area contributed by atoms with Gasteiger partial charge in [0.15, 0.2) is 5.96 Å². The summed E-state index contributed by atoms with van der Waals surface area (Å²) in [6, 6.07) is 8.62. The minimum Gasteiger partial charge on any atom is -0.497 e. The summed E-state index contributed by atoms with van der Waals surface area (Å²) in [6.07, 6.45) is 5.46. The standard InChI is InChI=1S/C22H36N4O2.HI/c1-3-23-22(24-15-18-9-7-11-21(18)27)25-16-20(26-12-4-5-13-26)17-8-6-10-19(14-17)28-2;/h6,8,10,14,18,20-21,27H,3-5,7,9,11-13,15-16H2,1-2H3,(H2,23,24,25);1H. The number of hydrogen-bond acceptors (Lipinski definition) is 4. The van der Waals surface area contributed by atoms with Crippen molar-refractivity contribution in [1.82, 2.24) is 15.5 Å². The fourth-order valence-corrected chi connectivity index (χ4v) is 4.34. The van der Waals surface area contributed by atoms with E-state index in [2.05, 4.69) is 40.7 Å². The topological polar surface area (TPSA) is 69.1 Å². The van der Waals surface area contributed by atoms with E-state index < -0.39 is 0 Å². The molecule has 2 aliphatic rings. The molecule has 0 spiro atoms. The molecule has 164 valence electrons. The average Bonchev–Trinajstić information content (AvgIpc) is 3.38. The van der Waals surface area contributed by atoms with Gasteiger partial charge in [0.25, 0.3) is 0 Å². The second kappa shape index (κ2) is 12.6. The lowest BCUT2D eigenvalue weighted by molar-refractivity contribution is 0.134. The fourth-order valence-electron chi connectivity index (χ4n) is 4.34. The van der Waals surface area contributed by atoms with Crippen molar-refractivity contribution in [2.24, 2.45) is 10.9 Å². The molecule has 1 aromatic rings. The minimum absolute atomic E-state index is 0. The molecule has 6 nitrogen and oxygen atoms in total. The number of methoxy groups -OCH3 is 1. The first-order valence-electron chi connectivity index (χ1n) is 10.8. The molecule has 1 saturated carbocycles. The molecule has 3 unspecified atom stereocenters. The number of likely N-dealkylation sites (tertiary alicyclic amines) is 1. The first-order valence-corrected chi connectivity index (χ1v) is 10.8. The maximum atomic E-state index is 10.1. The van der Waals surface area contributed by atoms with Crippen LogP contribution < -0.4 is 15.4 Å². The summed E-state index contributed by atoms with van der Waals surface area (Å²) in [4.78, 5) is 7.44. The SMILES string of the molecule is CCNC(=NCC(c1cccc(OC)c1)N1CCCC1)NCC1CCCC1O.I. The molecule has 0 radical (unpaired) electrons. The monoisotopic (exact) mass is 516 g/mol. The van der Waals surface area contributed by atoms with Gasteiger partial charge in [-0.15, -0.1) is 24.0 Å². The molecule has 3 atom stereocenters. The van der Waals surface area contributed by atoms with Crippen molar-refractivity contribution in [2.75, 3.05) is 39.8 Å². The highest BCUT2D eigenvalue weighted by atomic mass is 127. The summed E-state index contributed by atoms with van der Waals surface area (Å²) in [7, 11) is 1.72. The normalized spacial score (nSPS) is 23.5. The number of aliphatic imine (C=N–C) groups is 1. The zero-order valence-corrected chi connectivity index (χ0v) is 20.1. The lowest BCUT2D eigenvalue weighted by Crippen LogP contribution is -2.41. The third-order valence-corrected chi connectivity index (χ3v) is 5.98. The van der Waals surface area contributed by atoms with Crippen LogP contribution in [0.4, 0.5) is 0 Å². The minimum atomic E-state index is -0.176. The molecule has 2 fully saturated rings. The van der Waals surface area contributed by atoms with Crippen LogP contribution in [0.25, 0.3) is 0 Å². The number of ether oxygens (including phenoxy) is 1. The first-order chi connectivity index (χ1) is 13.7. The molecule has 1 aliphatic carbocycles. The Kier molecular flexibility index (Phi) is 10.5. The number of benzene rings is 1. The van der Waals surface area contributed by atoms with Crippen molar-refractivity contribution in [3.8, 4) is 5.75 Å². The van der Waals surface area contributed by atoms with Crippen LogP contribution in [0.3, 0.4) is 0 Å². The van der Waals surface area contributed by atoms with Crippen LogP contribution >= 0.6 is 24.0 Å². The summed E-state index contributed by atoms with van der Waals surface area (Å²) in [5.74, 6) is 2.07. The number of aliphatic hydroxyl groups excluding tert-OH is 1. The Hall–Kier alpha value is -1.06. The first kappa shape index (κ1) is 24.2. The van der Waals surface area contributed by atoms with Crippen molar-refractivity contribution < 1.29 is 9.84 Å². The predicted octanol–water partition coefficient (Wildman–Crippen LogP) is 3.17. The Morgan fingerprint density at radius 2 is 2.03 bits per heavy atom. The summed E-state index contributed by atoms with van der Waals surface area (Å²) < 4.78 is 5.43. The molecule has 7 heteroatoms. The van der Waals surface area contributed by atoms with Gasteiger partial charge >= 0.3 is 0 Å². The van der Waals surface area contributed by atoms with E-state index in [1.54, 1.807) is 7.11 Å². The predicted molar refractivity (Wildman–Crippen MR) is 129 cm³/mol. The second-order valence-corrected chi connectivity index (χ2v) is 7.89. The molecule has 0 aromatic heterocycles. The van der Waals surface area contributed by atoms with E-state index in [4.69, 9.17) is 9.73 Å². The van der Waals surface area contributed by atoms with Gasteiger partial charge in [0, 0.05) is 19.0 Å². The second-order valence-electron chi connectivity index (χ2n) is 7.89. The third-order valence-electron chi connectivity index (χ3n) is 5.98. The van der Waals surface area contributed by atoms with Gasteiger partial charge in [-0.05, 0) is 63.4 Å². The Morgan fingerprint density at radius 1 is 1.24 bits per heavy atom. The van der Waals surface area contributed by atoms with E-state index >= 15 is 0 Å². The quantitative estimate of drug-likeness (QED) is 0.282. The van der Waals surface area contributed by atoms with Gasteiger partial charge in [0.05, 0.1) is 25.8 Å². The molecule has 1 saturated heterocycles. The number of aliphatic hydroxyl groups is 1. The van der Waals surface area contributed by atoms with E-state index in [9.17, 15) is 5.11 Å². The lowest BCUT2D eigenvalue weighted by Gasteiger charge is -2.27. The van der Waals surface area contributed by atoms with Crippen LogP contribution in [0.2, 0.25) is 0 Å². The zero-order chi connectivity index (χ0) is 19.8. The van der Waals surface area contributed by atoms with Crippen LogP contribution in [0.5, 0.6) is 5.75 Å². The van der Waals surface area contributed by atoms with Crippen LogP contribution in [0, 0.1) is 5.92 Å². The van der Waals surface area contributed by atoms with Crippen molar-refractivity contribution >= 4 is 29.9 Å². The summed E-state index contributed by atoms with van der Waals surface area (Å²) in [5.41, 5.74) is 1.26. The Labute approximate surface area is 192 Å². The van der Waals surface area contributed by atoms with Crippen LogP contribution in [-0.2, 0) is 0 Å². The Bertz CT molecular complexity index is 637. The van der Waals surface area contributed by atoms with Crippen LogP contribution in [0.15, 0.2) is 29.3 Å². The van der Waals surface area contributed by atoms with E-state index in [0.29, 0.717) is 12.5 Å². The Balaban J connectivity index is 0.00000300. The van der Waals surface area contributed by atoms with Crippen molar-refractivity contribution in [2.45, 2.75) is 51.2 Å². The molecule has 0 bridgehead atoms. The van der Waals surface area contributed by atoms with Gasteiger partial charge in [0.1, 0.15) is 5.75 Å². The summed E-state index contributed by atoms with van der Waals surface area (Å²) in [6.45, 7) is 6.63. The van der Waals surface area contributed by atoms with Crippen LogP contribution in [0.1, 0.15) is 50.6 Å². The largest absolute Gasteiger partial charge is 0.497 e. The van der Waals surface area contributed by atoms with E-state index in [1.807, 2.05) is 6.07 Å². The highest BCUT2D eigenvalue weighted by Crippen LogP contribution is 2.28. The van der Waals surface area contributed by atoms with Gasteiger partial charge in [-0.25, -0.2) is 0 Å². The van der Waals surface area contributed by atoms with E-state index in [0.717, 1.165) is 57.2 Å². The zero-order valence-electron chi connectivity index (χ0n) is 17.8. The molecular weight excluding hydrogens is 479 g/mol. The number of rotatable bonds is 8. The smallest absolute Gasteiger partial charge is 0.191 e. The van der Waals surface area contributed by atoms with Crippen molar-refractivity contribution in [3.63, 3.8) is 0 Å². The molecular formula is C22H37IN4O2. The van der Waals surface area contributed by atoms with Crippen molar-refractivity contribution in [1.29, 1.82) is 0 Å². The number of halogens is 1. The molecule has 1 heterocycles. The molecule has 1 aromatic carbocycles. The van der Waals surface area contributed by atoms with Crippen molar-refractivity contribution in [3.05, 3.63) is 29.8 Å². The van der Waals surface area contributed by atoms with Gasteiger partial charge in [0.2, 0.25) is 0 Å². The summed E-state index contributed by atoms with van der Waals surface area (Å²) in [5, 5.41) is 16.9. The van der Waals surface area contributed by atoms with Gasteiger partial charge < -0.3 is 20.5 Å². The number of nitrogens with zero attached hydrogens (tertiary/aromatic N) is 2.